The predicted molar refractivity (Wildman–Crippen MR) is 76.1 cm³/mol. The van der Waals surface area contributed by atoms with E-state index in [1.165, 1.54) is 14.1 Å². The van der Waals surface area contributed by atoms with Crippen LogP contribution in [0.3, 0.4) is 0 Å². The van der Waals surface area contributed by atoms with E-state index >= 15 is 0 Å². The van der Waals surface area contributed by atoms with Gasteiger partial charge >= 0.3 is 12.2 Å². The lowest BCUT2D eigenvalue weighted by atomic mass is 10.1. The van der Waals surface area contributed by atoms with Gasteiger partial charge in [0.1, 0.15) is 5.75 Å². The van der Waals surface area contributed by atoms with E-state index in [1.807, 2.05) is 41.7 Å². The van der Waals surface area contributed by atoms with Crippen LogP contribution in [-0.4, -0.2) is 31.4 Å². The Hall–Kier alpha value is -2.76. The zero-order chi connectivity index (χ0) is 15.0. The third-order valence-corrected chi connectivity index (χ3v) is 2.37. The number of rotatable bonds is 1. The summed E-state index contributed by atoms with van der Waals surface area (Å²) in [6, 6.07) is 13.4. The van der Waals surface area contributed by atoms with Gasteiger partial charge in [0.25, 0.3) is 0 Å². The van der Waals surface area contributed by atoms with E-state index in [0.717, 1.165) is 10.8 Å². The molecule has 106 valence electrons. The molecule has 3 N–H and O–H groups in total. The lowest BCUT2D eigenvalue weighted by molar-refractivity contribution is 0.197. The highest BCUT2D eigenvalue weighted by Crippen LogP contribution is 2.24. The highest BCUT2D eigenvalue weighted by Gasteiger charge is 2.04. The van der Waals surface area contributed by atoms with Crippen molar-refractivity contribution in [1.29, 1.82) is 0 Å². The first-order chi connectivity index (χ1) is 9.58. The molecular formula is C14H16N2O4. The standard InChI is InChI=1S/C12H11NO2.C2H5NO2/c1-13-12(14)15-11-8-4-6-9-5-2-3-7-10(9)11;1-3-2(4)5/h2-8H,1H3,(H,13,14);3H,1H3,(H,4,5). The lowest BCUT2D eigenvalue weighted by Gasteiger charge is -2.06. The Bertz CT molecular complexity index is 593. The molecule has 0 aliphatic rings. The maximum atomic E-state index is 11.1. The first kappa shape index (κ1) is 15.3. The van der Waals surface area contributed by atoms with Gasteiger partial charge in [-0.25, -0.2) is 9.59 Å². The van der Waals surface area contributed by atoms with Crippen LogP contribution in [0.15, 0.2) is 42.5 Å². The normalized spacial score (nSPS) is 9.10. The fourth-order valence-corrected chi connectivity index (χ4v) is 1.44. The SMILES string of the molecule is CNC(=O)O.CNC(=O)Oc1cccc2ccccc12. The Morgan fingerprint density at radius 1 is 1.00 bits per heavy atom. The number of amides is 2. The van der Waals surface area contributed by atoms with Gasteiger partial charge in [-0.3, -0.25) is 0 Å². The topological polar surface area (TPSA) is 87.7 Å². The van der Waals surface area contributed by atoms with Crippen LogP contribution in [0.1, 0.15) is 0 Å². The maximum absolute atomic E-state index is 11.1. The number of benzene rings is 2. The summed E-state index contributed by atoms with van der Waals surface area (Å²) in [5.41, 5.74) is 0. The third kappa shape index (κ3) is 4.49. The molecule has 0 atom stereocenters. The molecule has 2 amide bonds. The van der Waals surface area contributed by atoms with Gasteiger partial charge in [0.2, 0.25) is 0 Å². The van der Waals surface area contributed by atoms with Gasteiger partial charge in [0.05, 0.1) is 0 Å². The molecule has 2 rings (SSSR count). The van der Waals surface area contributed by atoms with Gasteiger partial charge in [0.15, 0.2) is 0 Å². The monoisotopic (exact) mass is 276 g/mol. The molecule has 0 saturated heterocycles. The molecule has 0 bridgehead atoms. The molecule has 6 nitrogen and oxygen atoms in total. The number of carboxylic acid groups (broad SMARTS) is 1. The quantitative estimate of drug-likeness (QED) is 0.746. The van der Waals surface area contributed by atoms with Gasteiger partial charge < -0.3 is 20.5 Å². The summed E-state index contributed by atoms with van der Waals surface area (Å²) in [4.78, 5) is 20.3. The Balaban J connectivity index is 0.000000347. The molecule has 0 fully saturated rings. The number of fused-ring (bicyclic) bond motifs is 1. The molecule has 0 heterocycles. The molecule has 0 aliphatic carbocycles. The zero-order valence-electron chi connectivity index (χ0n) is 11.2. The number of hydrogen-bond acceptors (Lipinski definition) is 3. The van der Waals surface area contributed by atoms with Crippen molar-refractivity contribution in [3.63, 3.8) is 0 Å². The van der Waals surface area contributed by atoms with Crippen LogP contribution in [0.25, 0.3) is 10.8 Å². The highest BCUT2D eigenvalue weighted by molar-refractivity contribution is 5.90. The number of hydrogen-bond donors (Lipinski definition) is 3. The van der Waals surface area contributed by atoms with Crippen molar-refractivity contribution in [2.75, 3.05) is 14.1 Å². The van der Waals surface area contributed by atoms with E-state index in [1.54, 1.807) is 6.07 Å². The number of ether oxygens (including phenoxy) is 1. The van der Waals surface area contributed by atoms with Gasteiger partial charge in [-0.2, -0.15) is 0 Å². The summed E-state index contributed by atoms with van der Waals surface area (Å²) in [5, 5.41) is 14.0. The predicted octanol–water partition coefficient (Wildman–Crippen LogP) is 2.44. The van der Waals surface area contributed by atoms with Crippen molar-refractivity contribution in [3.8, 4) is 5.75 Å². The molecule has 6 heteroatoms. The van der Waals surface area contributed by atoms with Crippen molar-refractivity contribution in [2.45, 2.75) is 0 Å². The van der Waals surface area contributed by atoms with Crippen LogP contribution in [0, 0.1) is 0 Å². The molecule has 20 heavy (non-hydrogen) atoms. The fraction of sp³-hybridized carbons (Fsp3) is 0.143. The molecule has 0 saturated carbocycles. The van der Waals surface area contributed by atoms with E-state index in [4.69, 9.17) is 9.84 Å². The van der Waals surface area contributed by atoms with Crippen LogP contribution >= 0.6 is 0 Å². The van der Waals surface area contributed by atoms with Crippen molar-refractivity contribution in [3.05, 3.63) is 42.5 Å². The average Bonchev–Trinajstić information content (AvgIpc) is 2.48. The molecular weight excluding hydrogens is 260 g/mol. The molecule has 0 aliphatic heterocycles. The Kier molecular flexibility index (Phi) is 5.83. The first-order valence-corrected chi connectivity index (χ1v) is 5.86. The summed E-state index contributed by atoms with van der Waals surface area (Å²) in [7, 11) is 2.88. The second-order valence-electron chi connectivity index (χ2n) is 3.67. The summed E-state index contributed by atoms with van der Waals surface area (Å²) < 4.78 is 5.13. The van der Waals surface area contributed by atoms with Crippen molar-refractivity contribution in [2.24, 2.45) is 0 Å². The fourth-order valence-electron chi connectivity index (χ4n) is 1.44. The van der Waals surface area contributed by atoms with Crippen LogP contribution < -0.4 is 15.4 Å². The van der Waals surface area contributed by atoms with E-state index in [2.05, 4.69) is 5.32 Å². The number of nitrogens with one attached hydrogen (secondary N) is 2. The first-order valence-electron chi connectivity index (χ1n) is 5.86. The summed E-state index contributed by atoms with van der Waals surface area (Å²) >= 11 is 0. The molecule has 2 aromatic rings. The minimum atomic E-state index is -0.995. The van der Waals surface area contributed by atoms with E-state index < -0.39 is 12.2 Å². The number of carbonyl (C=O) groups excluding carboxylic acids is 1. The summed E-state index contributed by atoms with van der Waals surface area (Å²) in [6.45, 7) is 0. The van der Waals surface area contributed by atoms with Crippen LogP contribution in [0.5, 0.6) is 5.75 Å². The van der Waals surface area contributed by atoms with E-state index in [9.17, 15) is 9.59 Å². The Labute approximate surface area is 116 Å². The van der Waals surface area contributed by atoms with Gasteiger partial charge in [-0.05, 0) is 11.5 Å². The van der Waals surface area contributed by atoms with E-state index in [-0.39, 0.29) is 0 Å². The second-order valence-corrected chi connectivity index (χ2v) is 3.67. The van der Waals surface area contributed by atoms with Crippen molar-refractivity contribution in [1.82, 2.24) is 10.6 Å². The molecule has 0 aromatic heterocycles. The van der Waals surface area contributed by atoms with Gasteiger partial charge in [0, 0.05) is 19.5 Å². The van der Waals surface area contributed by atoms with E-state index in [0.29, 0.717) is 5.75 Å². The minimum Gasteiger partial charge on any atom is -0.465 e. The van der Waals surface area contributed by atoms with Gasteiger partial charge in [-0.15, -0.1) is 0 Å². The summed E-state index contributed by atoms with van der Waals surface area (Å²) in [5.74, 6) is 0.576. The Morgan fingerprint density at radius 3 is 2.20 bits per heavy atom. The largest absolute Gasteiger partial charge is 0.465 e. The van der Waals surface area contributed by atoms with Crippen molar-refractivity contribution >= 4 is 23.0 Å². The second kappa shape index (κ2) is 7.63. The summed E-state index contributed by atoms with van der Waals surface area (Å²) in [6.07, 6.45) is -1.45. The van der Waals surface area contributed by atoms with Crippen LogP contribution in [0.2, 0.25) is 0 Å². The van der Waals surface area contributed by atoms with Crippen LogP contribution in [0.4, 0.5) is 9.59 Å². The zero-order valence-corrected chi connectivity index (χ0v) is 11.2. The minimum absolute atomic E-state index is 0.452. The molecule has 0 unspecified atom stereocenters. The Morgan fingerprint density at radius 2 is 1.60 bits per heavy atom. The lowest BCUT2D eigenvalue weighted by Crippen LogP contribution is -2.22. The maximum Gasteiger partial charge on any atom is 0.412 e. The highest BCUT2D eigenvalue weighted by atomic mass is 16.6. The molecule has 0 spiro atoms. The number of carbonyl (C=O) groups is 2. The van der Waals surface area contributed by atoms with Crippen LogP contribution in [-0.2, 0) is 0 Å². The molecule has 2 aromatic carbocycles. The molecule has 0 radical (unpaired) electrons. The smallest absolute Gasteiger partial charge is 0.412 e. The average molecular weight is 276 g/mol. The van der Waals surface area contributed by atoms with Gasteiger partial charge in [-0.1, -0.05) is 36.4 Å². The van der Waals surface area contributed by atoms with Crippen molar-refractivity contribution < 1.29 is 19.4 Å². The third-order valence-electron chi connectivity index (χ3n) is 2.37.